The molecule has 29 heavy (non-hydrogen) atoms. The van der Waals surface area contributed by atoms with Crippen molar-refractivity contribution in [3.63, 3.8) is 0 Å². The summed E-state index contributed by atoms with van der Waals surface area (Å²) in [5, 5.41) is 0. The summed E-state index contributed by atoms with van der Waals surface area (Å²) in [6.07, 6.45) is 3.89. The number of hydrogen-bond donors (Lipinski definition) is 0. The molecule has 1 aromatic heterocycles. The van der Waals surface area contributed by atoms with E-state index in [-0.39, 0.29) is 11.8 Å². The van der Waals surface area contributed by atoms with Gasteiger partial charge in [0.05, 0.1) is 16.8 Å². The maximum atomic E-state index is 13.0. The molecule has 138 valence electrons. The van der Waals surface area contributed by atoms with Gasteiger partial charge in [0.2, 0.25) is 5.69 Å². The summed E-state index contributed by atoms with van der Waals surface area (Å²) in [5.74, 6) is -0.576. The maximum Gasteiger partial charge on any atom is 0.266 e. The third kappa shape index (κ3) is 2.91. The fourth-order valence-corrected chi connectivity index (χ4v) is 3.63. The average molecular weight is 377 g/mol. The lowest BCUT2D eigenvalue weighted by atomic mass is 10.0. The Morgan fingerprint density at radius 1 is 0.586 bits per heavy atom. The van der Waals surface area contributed by atoms with Crippen LogP contribution >= 0.6 is 0 Å². The molecular weight excluding hydrogens is 360 g/mol. The molecular formula is C25H17N2O2+. The minimum Gasteiger partial charge on any atom is -0.268 e. The minimum absolute atomic E-state index is 0.287. The third-order valence-corrected chi connectivity index (χ3v) is 5.12. The van der Waals surface area contributed by atoms with Crippen LogP contribution in [0.15, 0.2) is 103 Å². The molecule has 2 heterocycles. The predicted octanol–water partition coefficient (Wildman–Crippen LogP) is 4.43. The van der Waals surface area contributed by atoms with E-state index in [1.54, 1.807) is 24.3 Å². The van der Waals surface area contributed by atoms with Crippen LogP contribution in [0.2, 0.25) is 0 Å². The molecule has 4 aromatic rings. The summed E-state index contributed by atoms with van der Waals surface area (Å²) in [6.45, 7) is 0. The van der Waals surface area contributed by atoms with Crippen LogP contribution in [0.1, 0.15) is 20.7 Å². The number of carbonyl (C=O) groups excluding carboxylic acids is 2. The van der Waals surface area contributed by atoms with Crippen LogP contribution in [0, 0.1) is 0 Å². The van der Waals surface area contributed by atoms with Crippen LogP contribution in [0.25, 0.3) is 16.8 Å². The van der Waals surface area contributed by atoms with Crippen molar-refractivity contribution in [3.8, 4) is 16.8 Å². The van der Waals surface area contributed by atoms with Gasteiger partial charge in [0.25, 0.3) is 11.8 Å². The van der Waals surface area contributed by atoms with Crippen molar-refractivity contribution < 1.29 is 14.2 Å². The second kappa shape index (κ2) is 6.84. The summed E-state index contributed by atoms with van der Waals surface area (Å²) >= 11 is 0. The lowest BCUT2D eigenvalue weighted by molar-refractivity contribution is -0.595. The molecule has 1 aliphatic heterocycles. The monoisotopic (exact) mass is 377 g/mol. The number of carbonyl (C=O) groups is 2. The first kappa shape index (κ1) is 17.1. The molecule has 0 aliphatic carbocycles. The van der Waals surface area contributed by atoms with Crippen molar-refractivity contribution in [2.24, 2.45) is 0 Å². The van der Waals surface area contributed by atoms with E-state index in [9.17, 15) is 9.59 Å². The molecule has 1 aliphatic rings. The van der Waals surface area contributed by atoms with Crippen molar-refractivity contribution in [1.82, 2.24) is 0 Å². The van der Waals surface area contributed by atoms with E-state index in [1.165, 1.54) is 4.90 Å². The second-order valence-corrected chi connectivity index (χ2v) is 6.87. The van der Waals surface area contributed by atoms with E-state index < -0.39 is 0 Å². The van der Waals surface area contributed by atoms with Gasteiger partial charge >= 0.3 is 0 Å². The van der Waals surface area contributed by atoms with Gasteiger partial charge < -0.3 is 0 Å². The largest absolute Gasteiger partial charge is 0.268 e. The lowest BCUT2D eigenvalue weighted by Gasteiger charge is -2.13. The number of anilines is 1. The molecule has 0 unspecified atom stereocenters. The van der Waals surface area contributed by atoms with Gasteiger partial charge in [0.15, 0.2) is 12.4 Å². The topological polar surface area (TPSA) is 41.3 Å². The van der Waals surface area contributed by atoms with Crippen LogP contribution < -0.4 is 9.47 Å². The third-order valence-electron chi connectivity index (χ3n) is 5.12. The molecule has 3 aromatic carbocycles. The molecule has 0 fully saturated rings. The zero-order valence-corrected chi connectivity index (χ0v) is 15.5. The standard InChI is InChI=1S/C25H17N2O2/c28-24-22-14-9-19(18-7-3-1-4-8-18)17-23(22)25(29)27(24)21-12-10-20(11-13-21)26-15-5-2-6-16-26/h1-17H/q+1. The summed E-state index contributed by atoms with van der Waals surface area (Å²) in [5.41, 5.74) is 4.34. The molecule has 0 saturated carbocycles. The number of amides is 2. The van der Waals surface area contributed by atoms with Crippen molar-refractivity contribution in [2.75, 3.05) is 4.90 Å². The van der Waals surface area contributed by atoms with Crippen LogP contribution in [0.5, 0.6) is 0 Å². The Hall–Kier alpha value is -4.05. The van der Waals surface area contributed by atoms with Crippen LogP contribution in [0.4, 0.5) is 5.69 Å². The molecule has 0 saturated heterocycles. The number of aromatic nitrogens is 1. The molecule has 4 nitrogen and oxygen atoms in total. The summed E-state index contributed by atoms with van der Waals surface area (Å²) in [4.78, 5) is 27.2. The predicted molar refractivity (Wildman–Crippen MR) is 111 cm³/mol. The fraction of sp³-hybridized carbons (Fsp3) is 0. The number of benzene rings is 3. The molecule has 0 radical (unpaired) electrons. The van der Waals surface area contributed by atoms with Gasteiger partial charge in [-0.25, -0.2) is 4.90 Å². The van der Waals surface area contributed by atoms with E-state index in [0.29, 0.717) is 16.8 Å². The number of pyridine rings is 1. The van der Waals surface area contributed by atoms with Crippen molar-refractivity contribution in [1.29, 1.82) is 0 Å². The molecule has 0 bridgehead atoms. The Morgan fingerprint density at radius 3 is 1.97 bits per heavy atom. The summed E-state index contributed by atoms with van der Waals surface area (Å²) < 4.78 is 1.97. The zero-order chi connectivity index (χ0) is 19.8. The van der Waals surface area contributed by atoms with Gasteiger partial charge in [-0.15, -0.1) is 0 Å². The van der Waals surface area contributed by atoms with E-state index in [1.807, 2.05) is 83.7 Å². The highest BCUT2D eigenvalue weighted by Gasteiger charge is 2.36. The SMILES string of the molecule is O=C1c2ccc(-c3ccccc3)cc2C(=O)N1c1ccc(-[n+]2ccccc2)cc1. The molecule has 0 atom stereocenters. The Morgan fingerprint density at radius 2 is 1.24 bits per heavy atom. The van der Waals surface area contributed by atoms with Gasteiger partial charge in [-0.05, 0) is 35.4 Å². The second-order valence-electron chi connectivity index (χ2n) is 6.87. The van der Waals surface area contributed by atoms with E-state index in [0.717, 1.165) is 16.8 Å². The average Bonchev–Trinajstić information content (AvgIpc) is 3.04. The van der Waals surface area contributed by atoms with Crippen molar-refractivity contribution >= 4 is 17.5 Å². The highest BCUT2D eigenvalue weighted by Crippen LogP contribution is 2.31. The molecule has 4 heteroatoms. The first-order valence-electron chi connectivity index (χ1n) is 9.37. The number of rotatable bonds is 3. The number of fused-ring (bicyclic) bond motifs is 1. The molecule has 5 rings (SSSR count). The van der Waals surface area contributed by atoms with Gasteiger partial charge in [0.1, 0.15) is 0 Å². The molecule has 2 amide bonds. The highest BCUT2D eigenvalue weighted by atomic mass is 16.2. The Balaban J connectivity index is 1.49. The maximum absolute atomic E-state index is 13.0. The van der Waals surface area contributed by atoms with Crippen molar-refractivity contribution in [2.45, 2.75) is 0 Å². The van der Waals surface area contributed by atoms with Crippen LogP contribution in [-0.2, 0) is 0 Å². The molecule has 0 spiro atoms. The number of hydrogen-bond acceptors (Lipinski definition) is 2. The quantitative estimate of drug-likeness (QED) is 0.391. The fourth-order valence-electron chi connectivity index (χ4n) is 3.63. The Bertz CT molecular complexity index is 1220. The smallest absolute Gasteiger partial charge is 0.266 e. The van der Waals surface area contributed by atoms with Crippen LogP contribution in [-0.4, -0.2) is 11.8 Å². The lowest BCUT2D eigenvalue weighted by Crippen LogP contribution is -2.31. The number of imide groups is 1. The zero-order valence-electron chi connectivity index (χ0n) is 15.5. The Kier molecular flexibility index (Phi) is 4.03. The first-order chi connectivity index (χ1) is 14.2. The summed E-state index contributed by atoms with van der Waals surface area (Å²) in [7, 11) is 0. The van der Waals surface area contributed by atoms with E-state index in [2.05, 4.69) is 0 Å². The van der Waals surface area contributed by atoms with Gasteiger partial charge in [-0.2, -0.15) is 4.57 Å². The van der Waals surface area contributed by atoms with E-state index in [4.69, 9.17) is 0 Å². The van der Waals surface area contributed by atoms with Gasteiger partial charge in [0, 0.05) is 24.3 Å². The van der Waals surface area contributed by atoms with Gasteiger partial charge in [-0.1, -0.05) is 42.5 Å². The summed E-state index contributed by atoms with van der Waals surface area (Å²) in [6, 6.07) is 28.5. The number of nitrogens with zero attached hydrogens (tertiary/aromatic N) is 2. The normalized spacial score (nSPS) is 12.9. The van der Waals surface area contributed by atoms with Crippen molar-refractivity contribution in [3.05, 3.63) is 115 Å². The minimum atomic E-state index is -0.289. The first-order valence-corrected chi connectivity index (χ1v) is 9.37. The van der Waals surface area contributed by atoms with Crippen LogP contribution in [0.3, 0.4) is 0 Å². The van der Waals surface area contributed by atoms with E-state index >= 15 is 0 Å². The highest BCUT2D eigenvalue weighted by molar-refractivity contribution is 6.34. The molecule has 0 N–H and O–H groups in total. The Labute approximate surface area is 168 Å². The van der Waals surface area contributed by atoms with Gasteiger partial charge in [-0.3, -0.25) is 9.59 Å².